The van der Waals surface area contributed by atoms with Crippen molar-refractivity contribution in [1.29, 1.82) is 0 Å². The molecule has 0 fully saturated rings. The van der Waals surface area contributed by atoms with Crippen molar-refractivity contribution in [1.82, 2.24) is 9.97 Å². The van der Waals surface area contributed by atoms with Crippen molar-refractivity contribution in [2.75, 3.05) is 5.75 Å². The van der Waals surface area contributed by atoms with Gasteiger partial charge in [0.1, 0.15) is 0 Å². The van der Waals surface area contributed by atoms with Crippen LogP contribution < -0.4 is 10.7 Å². The summed E-state index contributed by atoms with van der Waals surface area (Å²) in [5.41, 5.74) is 0.387. The van der Waals surface area contributed by atoms with E-state index in [0.717, 1.165) is 0 Å². The number of hydrogen-bond donors (Lipinski definition) is 1. The van der Waals surface area contributed by atoms with E-state index in [1.165, 1.54) is 17.8 Å². The van der Waals surface area contributed by atoms with Gasteiger partial charge >= 0.3 is 0 Å². The van der Waals surface area contributed by atoms with Crippen LogP contribution in [0.2, 0.25) is 0 Å². The fraction of sp³-hybridized carbons (Fsp3) is 0.375. The van der Waals surface area contributed by atoms with Gasteiger partial charge in [0.15, 0.2) is 5.16 Å². The second-order valence-electron chi connectivity index (χ2n) is 2.66. The topological polar surface area (TPSA) is 85.9 Å². The summed E-state index contributed by atoms with van der Waals surface area (Å²) in [5, 5.41) is 10.5. The third kappa shape index (κ3) is 3.61. The van der Waals surface area contributed by atoms with E-state index >= 15 is 0 Å². The van der Waals surface area contributed by atoms with Gasteiger partial charge in [0.25, 0.3) is 5.56 Å². The number of hydrogen-bond acceptors (Lipinski definition) is 5. The maximum absolute atomic E-state index is 11.0. The summed E-state index contributed by atoms with van der Waals surface area (Å²) >= 11 is 1.19. The number of rotatable bonds is 4. The van der Waals surface area contributed by atoms with E-state index in [-0.39, 0.29) is 12.0 Å². The van der Waals surface area contributed by atoms with Gasteiger partial charge in [-0.15, -0.1) is 0 Å². The lowest BCUT2D eigenvalue weighted by Gasteiger charge is -2.01. The predicted octanol–water partition coefficient (Wildman–Crippen LogP) is -0.690. The molecule has 1 heterocycles. The number of aromatic nitrogens is 2. The van der Waals surface area contributed by atoms with Crippen LogP contribution >= 0.6 is 11.8 Å². The maximum atomic E-state index is 11.0. The predicted molar refractivity (Wildman–Crippen MR) is 49.9 cm³/mol. The summed E-state index contributed by atoms with van der Waals surface area (Å²) in [6.07, 6.45) is -0.0533. The van der Waals surface area contributed by atoms with Crippen LogP contribution in [0.15, 0.2) is 16.0 Å². The Hall–Kier alpha value is -1.30. The van der Waals surface area contributed by atoms with Gasteiger partial charge in [0.05, 0.1) is 0 Å². The van der Waals surface area contributed by atoms with Crippen molar-refractivity contribution in [3.8, 4) is 0 Å². The summed E-state index contributed by atoms with van der Waals surface area (Å²) in [5.74, 6) is -0.762. The van der Waals surface area contributed by atoms with Gasteiger partial charge in [-0.3, -0.25) is 4.79 Å². The van der Waals surface area contributed by atoms with Crippen LogP contribution in [0.3, 0.4) is 0 Å². The molecule has 0 aromatic carbocycles. The highest BCUT2D eigenvalue weighted by Gasteiger charge is 1.98. The van der Waals surface area contributed by atoms with Gasteiger partial charge in [0, 0.05) is 23.5 Å². The third-order valence-electron chi connectivity index (χ3n) is 1.39. The van der Waals surface area contributed by atoms with Crippen molar-refractivity contribution < 1.29 is 9.90 Å². The minimum absolute atomic E-state index is 0.0533. The fourth-order valence-corrected chi connectivity index (χ4v) is 1.69. The van der Waals surface area contributed by atoms with Crippen LogP contribution in [0.1, 0.15) is 12.1 Å². The summed E-state index contributed by atoms with van der Waals surface area (Å²) in [6.45, 7) is 1.71. The Labute approximate surface area is 84.6 Å². The second-order valence-corrected chi connectivity index (χ2v) is 3.75. The summed E-state index contributed by atoms with van der Waals surface area (Å²) in [6, 6.07) is 1.38. The summed E-state index contributed by atoms with van der Waals surface area (Å²) < 4.78 is 0. The number of nitrogens with one attached hydrogen (secondary N) is 1. The molecule has 76 valence electrons. The Morgan fingerprint density at radius 2 is 2.43 bits per heavy atom. The number of H-pyrrole nitrogens is 1. The Kier molecular flexibility index (Phi) is 3.70. The van der Waals surface area contributed by atoms with Gasteiger partial charge in [-0.1, -0.05) is 11.8 Å². The van der Waals surface area contributed by atoms with Gasteiger partial charge in [0.2, 0.25) is 0 Å². The lowest BCUT2D eigenvalue weighted by atomic mass is 10.5. The summed E-state index contributed by atoms with van der Waals surface area (Å²) in [7, 11) is 0. The minimum Gasteiger partial charge on any atom is -0.550 e. The number of aliphatic carboxylic acids is 1. The van der Waals surface area contributed by atoms with Crippen LogP contribution in [-0.2, 0) is 4.79 Å². The molecular weight excluding hydrogens is 204 g/mol. The van der Waals surface area contributed by atoms with Gasteiger partial charge in [-0.25, -0.2) is 4.98 Å². The number of carbonyl (C=O) groups excluding carboxylic acids is 1. The molecule has 0 aliphatic heterocycles. The number of carbonyl (C=O) groups is 1. The second kappa shape index (κ2) is 4.80. The molecule has 0 amide bonds. The molecule has 0 spiro atoms. The minimum atomic E-state index is -1.10. The van der Waals surface area contributed by atoms with E-state index < -0.39 is 5.97 Å². The average molecular weight is 213 g/mol. The van der Waals surface area contributed by atoms with Gasteiger partial charge in [-0.2, -0.15) is 0 Å². The first-order valence-electron chi connectivity index (χ1n) is 3.98. The normalized spacial score (nSPS) is 10.1. The standard InChI is InChI=1S/C8H10N2O3S/c1-5-4-6(11)10-8(9-5)14-3-2-7(12)13/h4H,2-3H2,1H3,(H,12,13)(H,9,10,11)/p-1. The molecule has 5 nitrogen and oxygen atoms in total. The molecule has 0 atom stereocenters. The number of nitrogens with zero attached hydrogens (tertiary/aromatic N) is 1. The number of aryl methyl sites for hydroxylation is 1. The first-order chi connectivity index (χ1) is 6.58. The lowest BCUT2D eigenvalue weighted by Crippen LogP contribution is -2.22. The molecule has 1 aromatic rings. The SMILES string of the molecule is Cc1cc(=O)[nH]c(SCCC(=O)[O-])n1. The molecule has 0 bridgehead atoms. The van der Waals surface area contributed by atoms with Crippen LogP contribution in [0, 0.1) is 6.92 Å². The van der Waals surface area contributed by atoms with E-state index in [9.17, 15) is 14.7 Å². The highest BCUT2D eigenvalue weighted by atomic mass is 32.2. The lowest BCUT2D eigenvalue weighted by molar-refractivity contribution is -0.305. The Morgan fingerprint density at radius 1 is 1.71 bits per heavy atom. The Morgan fingerprint density at radius 3 is 3.00 bits per heavy atom. The van der Waals surface area contributed by atoms with Crippen molar-refractivity contribution in [2.45, 2.75) is 18.5 Å². The quantitative estimate of drug-likeness (QED) is 0.528. The Balaban J connectivity index is 2.59. The first-order valence-corrected chi connectivity index (χ1v) is 4.97. The average Bonchev–Trinajstić information content (AvgIpc) is 2.01. The molecule has 0 radical (unpaired) electrons. The van der Waals surface area contributed by atoms with Crippen molar-refractivity contribution in [3.63, 3.8) is 0 Å². The van der Waals surface area contributed by atoms with E-state index in [2.05, 4.69) is 9.97 Å². The molecule has 0 aliphatic rings. The molecule has 0 saturated carbocycles. The molecule has 0 unspecified atom stereocenters. The molecule has 1 rings (SSSR count). The number of aromatic amines is 1. The fourth-order valence-electron chi connectivity index (χ4n) is 0.851. The Bertz CT molecular complexity index is 388. The van der Waals surface area contributed by atoms with Gasteiger partial charge in [-0.05, 0) is 13.3 Å². The third-order valence-corrected chi connectivity index (χ3v) is 2.27. The van der Waals surface area contributed by atoms with E-state index in [1.54, 1.807) is 6.92 Å². The molecular formula is C8H9N2O3S-. The molecule has 6 heteroatoms. The zero-order chi connectivity index (χ0) is 10.6. The zero-order valence-electron chi connectivity index (χ0n) is 7.57. The van der Waals surface area contributed by atoms with Crippen LogP contribution in [0.5, 0.6) is 0 Å². The van der Waals surface area contributed by atoms with E-state index in [1.807, 2.05) is 0 Å². The zero-order valence-corrected chi connectivity index (χ0v) is 8.39. The van der Waals surface area contributed by atoms with Crippen LogP contribution in [-0.4, -0.2) is 21.7 Å². The van der Waals surface area contributed by atoms with Crippen LogP contribution in [0.25, 0.3) is 0 Å². The largest absolute Gasteiger partial charge is 0.550 e. The first kappa shape index (κ1) is 10.8. The van der Waals surface area contributed by atoms with E-state index in [0.29, 0.717) is 16.6 Å². The van der Waals surface area contributed by atoms with Crippen molar-refractivity contribution >= 4 is 17.7 Å². The highest BCUT2D eigenvalue weighted by Crippen LogP contribution is 2.11. The highest BCUT2D eigenvalue weighted by molar-refractivity contribution is 7.99. The number of thioether (sulfide) groups is 1. The molecule has 1 aromatic heterocycles. The maximum Gasteiger partial charge on any atom is 0.251 e. The van der Waals surface area contributed by atoms with E-state index in [4.69, 9.17) is 0 Å². The van der Waals surface area contributed by atoms with Crippen LogP contribution in [0.4, 0.5) is 0 Å². The molecule has 0 saturated heterocycles. The van der Waals surface area contributed by atoms with Crippen molar-refractivity contribution in [3.05, 3.63) is 22.1 Å². The monoisotopic (exact) mass is 213 g/mol. The molecule has 1 N–H and O–H groups in total. The smallest absolute Gasteiger partial charge is 0.251 e. The number of carboxylic acid groups (broad SMARTS) is 1. The van der Waals surface area contributed by atoms with Crippen molar-refractivity contribution in [2.24, 2.45) is 0 Å². The molecule has 14 heavy (non-hydrogen) atoms. The summed E-state index contributed by atoms with van der Waals surface area (Å²) in [4.78, 5) is 27.6. The number of carboxylic acids is 1. The molecule has 0 aliphatic carbocycles. The van der Waals surface area contributed by atoms with Gasteiger partial charge < -0.3 is 14.9 Å².